The average Bonchev–Trinajstić information content (AvgIpc) is 3.05. The third kappa shape index (κ3) is 3.18. The first kappa shape index (κ1) is 15.6. The maximum atomic E-state index is 12.3. The van der Waals surface area contributed by atoms with Crippen LogP contribution in [0.2, 0.25) is 0 Å². The minimum Gasteiger partial charge on any atom is -0.301 e. The standard InChI is InChI=1S/C18H15N5OS/c1-12-5-4-7-14(9-12)23-16-15(10-20-23)17(24)22-18(21-16)25-11-13-6-2-3-8-19-13/h2-10H,11H2,1H3,(H,21,22,24). The van der Waals surface area contributed by atoms with Gasteiger partial charge in [-0.3, -0.25) is 9.78 Å². The molecule has 1 N–H and O–H groups in total. The second-order valence-electron chi connectivity index (χ2n) is 5.61. The summed E-state index contributed by atoms with van der Waals surface area (Å²) in [4.78, 5) is 24.0. The molecule has 0 aliphatic carbocycles. The molecular weight excluding hydrogens is 334 g/mol. The smallest absolute Gasteiger partial charge is 0.262 e. The van der Waals surface area contributed by atoms with Crippen molar-refractivity contribution in [2.45, 2.75) is 17.8 Å². The Labute approximate surface area is 148 Å². The lowest BCUT2D eigenvalue weighted by Crippen LogP contribution is -2.10. The molecule has 4 rings (SSSR count). The van der Waals surface area contributed by atoms with Gasteiger partial charge in [-0.1, -0.05) is 30.0 Å². The fraction of sp³-hybridized carbons (Fsp3) is 0.111. The molecule has 6 nitrogen and oxygen atoms in total. The average molecular weight is 349 g/mol. The van der Waals surface area contributed by atoms with Crippen molar-refractivity contribution in [1.29, 1.82) is 0 Å². The number of rotatable bonds is 4. The number of thioether (sulfide) groups is 1. The number of nitrogens with zero attached hydrogens (tertiary/aromatic N) is 4. The van der Waals surface area contributed by atoms with E-state index >= 15 is 0 Å². The Bertz CT molecular complexity index is 1090. The van der Waals surface area contributed by atoms with Crippen LogP contribution >= 0.6 is 11.8 Å². The van der Waals surface area contributed by atoms with Crippen molar-refractivity contribution >= 4 is 22.8 Å². The quantitative estimate of drug-likeness (QED) is 0.452. The number of aryl methyl sites for hydroxylation is 1. The van der Waals surface area contributed by atoms with Crippen molar-refractivity contribution in [3.05, 3.63) is 76.5 Å². The molecule has 25 heavy (non-hydrogen) atoms. The minimum atomic E-state index is -0.188. The molecule has 0 unspecified atom stereocenters. The number of H-pyrrole nitrogens is 1. The van der Waals surface area contributed by atoms with E-state index < -0.39 is 0 Å². The molecule has 124 valence electrons. The van der Waals surface area contributed by atoms with E-state index in [2.05, 4.69) is 20.1 Å². The summed E-state index contributed by atoms with van der Waals surface area (Å²) in [7, 11) is 0. The fourth-order valence-corrected chi connectivity index (χ4v) is 3.31. The summed E-state index contributed by atoms with van der Waals surface area (Å²) in [6, 6.07) is 13.7. The molecule has 3 heterocycles. The lowest BCUT2D eigenvalue weighted by Gasteiger charge is -2.05. The number of fused-ring (bicyclic) bond motifs is 1. The summed E-state index contributed by atoms with van der Waals surface area (Å²) < 4.78 is 1.70. The Kier molecular flexibility index (Phi) is 4.07. The minimum absolute atomic E-state index is 0.188. The Morgan fingerprint density at radius 2 is 2.12 bits per heavy atom. The first-order valence-corrected chi connectivity index (χ1v) is 8.77. The highest BCUT2D eigenvalue weighted by molar-refractivity contribution is 7.98. The summed E-state index contributed by atoms with van der Waals surface area (Å²) in [5, 5.41) is 5.37. The Balaban J connectivity index is 1.73. The maximum absolute atomic E-state index is 12.3. The van der Waals surface area contributed by atoms with Crippen molar-refractivity contribution in [2.24, 2.45) is 0 Å². The van der Waals surface area contributed by atoms with Gasteiger partial charge in [0.2, 0.25) is 0 Å². The summed E-state index contributed by atoms with van der Waals surface area (Å²) in [6.45, 7) is 2.02. The number of pyridine rings is 1. The molecule has 0 saturated carbocycles. The van der Waals surface area contributed by atoms with Gasteiger partial charge in [0.15, 0.2) is 10.8 Å². The van der Waals surface area contributed by atoms with E-state index in [1.165, 1.54) is 11.8 Å². The van der Waals surface area contributed by atoms with Gasteiger partial charge in [0.1, 0.15) is 5.39 Å². The molecule has 3 aromatic heterocycles. The molecule has 0 aliphatic heterocycles. The Morgan fingerprint density at radius 1 is 1.20 bits per heavy atom. The van der Waals surface area contributed by atoms with Crippen LogP contribution in [0.15, 0.2) is 64.8 Å². The lowest BCUT2D eigenvalue weighted by molar-refractivity contribution is 0.871. The van der Waals surface area contributed by atoms with E-state index in [4.69, 9.17) is 0 Å². The van der Waals surface area contributed by atoms with Crippen molar-refractivity contribution in [1.82, 2.24) is 24.7 Å². The predicted octanol–water partition coefficient (Wildman–Crippen LogP) is 3.10. The van der Waals surface area contributed by atoms with Gasteiger partial charge in [-0.25, -0.2) is 9.67 Å². The van der Waals surface area contributed by atoms with E-state index in [1.54, 1.807) is 17.1 Å². The number of aromatic nitrogens is 5. The van der Waals surface area contributed by atoms with Crippen LogP contribution in [-0.2, 0) is 5.75 Å². The normalized spacial score (nSPS) is 11.1. The van der Waals surface area contributed by atoms with Crippen molar-refractivity contribution < 1.29 is 0 Å². The Morgan fingerprint density at radius 3 is 2.92 bits per heavy atom. The third-order valence-electron chi connectivity index (χ3n) is 3.75. The zero-order valence-corrected chi connectivity index (χ0v) is 14.3. The van der Waals surface area contributed by atoms with Gasteiger partial charge in [-0.05, 0) is 36.8 Å². The van der Waals surface area contributed by atoms with Gasteiger partial charge in [0.25, 0.3) is 5.56 Å². The zero-order chi connectivity index (χ0) is 17.2. The molecular formula is C18H15N5OS. The van der Waals surface area contributed by atoms with Gasteiger partial charge in [0.05, 0.1) is 17.6 Å². The first-order valence-electron chi connectivity index (χ1n) is 7.78. The molecule has 0 aliphatic rings. The zero-order valence-electron chi connectivity index (χ0n) is 13.5. The van der Waals surface area contributed by atoms with Crippen LogP contribution in [0, 0.1) is 6.92 Å². The number of hydrogen-bond donors (Lipinski definition) is 1. The number of nitrogens with one attached hydrogen (secondary N) is 1. The third-order valence-corrected chi connectivity index (χ3v) is 4.65. The molecule has 4 aromatic rings. The van der Waals surface area contributed by atoms with Crippen LogP contribution in [0.5, 0.6) is 0 Å². The number of aromatic amines is 1. The fourth-order valence-electron chi connectivity index (χ4n) is 2.54. The lowest BCUT2D eigenvalue weighted by atomic mass is 10.2. The van der Waals surface area contributed by atoms with Crippen molar-refractivity contribution in [3.8, 4) is 5.69 Å². The van der Waals surface area contributed by atoms with Crippen LogP contribution in [0.25, 0.3) is 16.7 Å². The van der Waals surface area contributed by atoms with E-state index in [9.17, 15) is 4.79 Å². The predicted molar refractivity (Wildman–Crippen MR) is 98.0 cm³/mol. The van der Waals surface area contributed by atoms with Crippen LogP contribution in [-0.4, -0.2) is 24.7 Å². The first-order chi connectivity index (χ1) is 12.2. The molecule has 0 fully saturated rings. The maximum Gasteiger partial charge on any atom is 0.262 e. The monoisotopic (exact) mass is 349 g/mol. The van der Waals surface area contributed by atoms with Crippen LogP contribution < -0.4 is 5.56 Å². The SMILES string of the molecule is Cc1cccc(-n2ncc3c(=O)[nH]c(SCc4ccccn4)nc32)c1. The van der Waals surface area contributed by atoms with Crippen LogP contribution in [0.3, 0.4) is 0 Å². The van der Waals surface area contributed by atoms with Gasteiger partial charge < -0.3 is 4.98 Å². The molecule has 0 spiro atoms. The van der Waals surface area contributed by atoms with Gasteiger partial charge >= 0.3 is 0 Å². The van der Waals surface area contributed by atoms with Crippen molar-refractivity contribution in [2.75, 3.05) is 0 Å². The summed E-state index contributed by atoms with van der Waals surface area (Å²) in [6.07, 6.45) is 3.30. The van der Waals surface area contributed by atoms with E-state index in [1.807, 2.05) is 49.4 Å². The molecule has 1 aromatic carbocycles. The topological polar surface area (TPSA) is 76.5 Å². The highest BCUT2D eigenvalue weighted by Crippen LogP contribution is 2.20. The number of benzene rings is 1. The largest absolute Gasteiger partial charge is 0.301 e. The second-order valence-corrected chi connectivity index (χ2v) is 6.58. The van der Waals surface area contributed by atoms with Crippen LogP contribution in [0.4, 0.5) is 0 Å². The number of hydrogen-bond acceptors (Lipinski definition) is 5. The van der Waals surface area contributed by atoms with Crippen molar-refractivity contribution in [3.63, 3.8) is 0 Å². The highest BCUT2D eigenvalue weighted by Gasteiger charge is 2.12. The molecule has 0 amide bonds. The van der Waals surface area contributed by atoms with Crippen LogP contribution in [0.1, 0.15) is 11.3 Å². The van der Waals surface area contributed by atoms with Gasteiger partial charge in [0, 0.05) is 11.9 Å². The highest BCUT2D eigenvalue weighted by atomic mass is 32.2. The summed E-state index contributed by atoms with van der Waals surface area (Å²) in [5.41, 5.74) is 3.30. The molecule has 0 saturated heterocycles. The molecule has 7 heteroatoms. The van der Waals surface area contributed by atoms with E-state index in [0.29, 0.717) is 21.9 Å². The molecule has 0 bridgehead atoms. The molecule has 0 radical (unpaired) electrons. The summed E-state index contributed by atoms with van der Waals surface area (Å²) in [5.74, 6) is 0.633. The van der Waals surface area contributed by atoms with Gasteiger partial charge in [-0.2, -0.15) is 5.10 Å². The van der Waals surface area contributed by atoms with E-state index in [-0.39, 0.29) is 5.56 Å². The van der Waals surface area contributed by atoms with E-state index in [0.717, 1.165) is 16.9 Å². The molecule has 0 atom stereocenters. The Hall–Kier alpha value is -2.93. The van der Waals surface area contributed by atoms with Gasteiger partial charge in [-0.15, -0.1) is 0 Å². The second kappa shape index (κ2) is 6.52. The summed E-state index contributed by atoms with van der Waals surface area (Å²) >= 11 is 1.44.